The number of para-hydroxylation sites is 1. The fourth-order valence-electron chi connectivity index (χ4n) is 2.17. The molecule has 3 rings (SSSR count). The second-order valence-electron chi connectivity index (χ2n) is 4.10. The number of aromatic amines is 1. The lowest BCUT2D eigenvalue weighted by Gasteiger charge is -2.04. The van der Waals surface area contributed by atoms with Crippen LogP contribution in [-0.4, -0.2) is 30.2 Å². The van der Waals surface area contributed by atoms with E-state index in [1.807, 2.05) is 24.3 Å². The summed E-state index contributed by atoms with van der Waals surface area (Å²) in [5.74, 6) is -0.0976. The van der Waals surface area contributed by atoms with E-state index in [-0.39, 0.29) is 5.69 Å². The molecule has 2 heterocycles. The van der Waals surface area contributed by atoms with Crippen LogP contribution in [0.15, 0.2) is 30.3 Å². The van der Waals surface area contributed by atoms with Crippen molar-refractivity contribution >= 4 is 27.8 Å². The first-order chi connectivity index (χ1) is 9.24. The maximum absolute atomic E-state index is 11.6. The standard InChI is InChI=1S/C14H12N2O3/c1-18-13-12-9(7-11(16-13)14(17)19-2)8-5-3-4-6-10(8)15-12/h3-7,15H,1-2H3. The summed E-state index contributed by atoms with van der Waals surface area (Å²) in [4.78, 5) is 19.0. The van der Waals surface area contributed by atoms with Gasteiger partial charge in [0.15, 0.2) is 5.69 Å². The number of hydrogen-bond donors (Lipinski definition) is 1. The number of hydrogen-bond acceptors (Lipinski definition) is 4. The van der Waals surface area contributed by atoms with Crippen LogP contribution >= 0.6 is 0 Å². The number of nitrogens with one attached hydrogen (secondary N) is 1. The molecule has 0 aliphatic rings. The molecule has 0 aliphatic carbocycles. The molecule has 0 bridgehead atoms. The van der Waals surface area contributed by atoms with Crippen molar-refractivity contribution in [3.63, 3.8) is 0 Å². The zero-order valence-electron chi connectivity index (χ0n) is 10.6. The molecule has 0 aliphatic heterocycles. The van der Waals surface area contributed by atoms with Crippen molar-refractivity contribution in [1.82, 2.24) is 9.97 Å². The number of carbonyl (C=O) groups is 1. The van der Waals surface area contributed by atoms with Crippen LogP contribution in [0.5, 0.6) is 5.88 Å². The first-order valence-electron chi connectivity index (χ1n) is 5.78. The summed E-state index contributed by atoms with van der Waals surface area (Å²) in [7, 11) is 2.85. The Balaban J connectivity index is 2.40. The van der Waals surface area contributed by atoms with Crippen LogP contribution in [-0.2, 0) is 4.74 Å². The van der Waals surface area contributed by atoms with Crippen LogP contribution in [0.3, 0.4) is 0 Å². The lowest BCUT2D eigenvalue weighted by Crippen LogP contribution is -2.05. The summed E-state index contributed by atoms with van der Waals surface area (Å²) in [6, 6.07) is 9.54. The number of ether oxygens (including phenoxy) is 2. The Hall–Kier alpha value is -2.56. The van der Waals surface area contributed by atoms with E-state index in [4.69, 9.17) is 9.47 Å². The van der Waals surface area contributed by atoms with Gasteiger partial charge >= 0.3 is 5.97 Å². The van der Waals surface area contributed by atoms with Gasteiger partial charge < -0.3 is 14.5 Å². The van der Waals surface area contributed by atoms with Crippen LogP contribution in [0.4, 0.5) is 0 Å². The number of rotatable bonds is 2. The van der Waals surface area contributed by atoms with E-state index >= 15 is 0 Å². The number of benzene rings is 1. The third-order valence-electron chi connectivity index (χ3n) is 3.05. The minimum absolute atomic E-state index is 0.233. The van der Waals surface area contributed by atoms with Gasteiger partial charge in [0.2, 0.25) is 5.88 Å². The smallest absolute Gasteiger partial charge is 0.356 e. The van der Waals surface area contributed by atoms with Crippen molar-refractivity contribution in [3.05, 3.63) is 36.0 Å². The number of nitrogens with zero attached hydrogens (tertiary/aromatic N) is 1. The molecule has 0 saturated carbocycles. The van der Waals surface area contributed by atoms with Gasteiger partial charge in [0.25, 0.3) is 0 Å². The molecule has 0 atom stereocenters. The van der Waals surface area contributed by atoms with E-state index in [1.54, 1.807) is 6.07 Å². The number of aromatic nitrogens is 2. The maximum atomic E-state index is 11.6. The number of esters is 1. The number of H-pyrrole nitrogens is 1. The molecule has 5 nitrogen and oxygen atoms in total. The maximum Gasteiger partial charge on any atom is 0.356 e. The van der Waals surface area contributed by atoms with Crippen LogP contribution in [0.25, 0.3) is 21.8 Å². The van der Waals surface area contributed by atoms with Crippen molar-refractivity contribution in [2.24, 2.45) is 0 Å². The summed E-state index contributed by atoms with van der Waals surface area (Å²) in [6.07, 6.45) is 0. The van der Waals surface area contributed by atoms with Gasteiger partial charge in [0, 0.05) is 16.3 Å². The highest BCUT2D eigenvalue weighted by Gasteiger charge is 2.16. The van der Waals surface area contributed by atoms with Crippen molar-refractivity contribution in [1.29, 1.82) is 0 Å². The summed E-state index contributed by atoms with van der Waals surface area (Å²) in [5.41, 5.74) is 1.98. The minimum atomic E-state index is -0.481. The monoisotopic (exact) mass is 256 g/mol. The molecule has 0 unspecified atom stereocenters. The van der Waals surface area contributed by atoms with Gasteiger partial charge in [0.1, 0.15) is 5.52 Å². The van der Waals surface area contributed by atoms with Crippen molar-refractivity contribution in [2.45, 2.75) is 0 Å². The normalized spacial score (nSPS) is 10.8. The third kappa shape index (κ3) is 1.71. The van der Waals surface area contributed by atoms with Gasteiger partial charge in [0.05, 0.1) is 14.2 Å². The zero-order valence-corrected chi connectivity index (χ0v) is 10.6. The van der Waals surface area contributed by atoms with E-state index in [2.05, 4.69) is 9.97 Å². The Morgan fingerprint density at radius 1 is 1.21 bits per heavy atom. The molecule has 0 spiro atoms. The minimum Gasteiger partial charge on any atom is -0.479 e. The predicted molar refractivity (Wildman–Crippen MR) is 71.5 cm³/mol. The fraction of sp³-hybridized carbons (Fsp3) is 0.143. The van der Waals surface area contributed by atoms with E-state index in [0.29, 0.717) is 5.88 Å². The molecule has 0 radical (unpaired) electrons. The second-order valence-corrected chi connectivity index (χ2v) is 4.10. The second kappa shape index (κ2) is 4.28. The number of pyridine rings is 1. The van der Waals surface area contributed by atoms with Crippen molar-refractivity contribution < 1.29 is 14.3 Å². The van der Waals surface area contributed by atoms with Gasteiger partial charge in [-0.15, -0.1) is 0 Å². The summed E-state index contributed by atoms with van der Waals surface area (Å²) >= 11 is 0. The van der Waals surface area contributed by atoms with E-state index < -0.39 is 5.97 Å². The highest BCUT2D eigenvalue weighted by molar-refractivity contribution is 6.10. The predicted octanol–water partition coefficient (Wildman–Crippen LogP) is 2.51. The molecule has 3 aromatic rings. The van der Waals surface area contributed by atoms with Gasteiger partial charge in [-0.05, 0) is 12.1 Å². The Bertz CT molecular complexity index is 777. The molecule has 5 heteroatoms. The Labute approximate surface area is 109 Å². The van der Waals surface area contributed by atoms with E-state index in [9.17, 15) is 4.79 Å². The Morgan fingerprint density at radius 3 is 2.74 bits per heavy atom. The molecule has 2 aromatic heterocycles. The molecule has 0 saturated heterocycles. The van der Waals surface area contributed by atoms with E-state index in [1.165, 1.54) is 14.2 Å². The first kappa shape index (κ1) is 11.5. The highest BCUT2D eigenvalue weighted by atomic mass is 16.5. The Kier molecular flexibility index (Phi) is 2.59. The van der Waals surface area contributed by atoms with Crippen molar-refractivity contribution in [3.8, 4) is 5.88 Å². The average molecular weight is 256 g/mol. The van der Waals surface area contributed by atoms with Crippen LogP contribution < -0.4 is 4.74 Å². The molecule has 0 fully saturated rings. The number of carbonyl (C=O) groups excluding carboxylic acids is 1. The lowest BCUT2D eigenvalue weighted by atomic mass is 10.1. The van der Waals surface area contributed by atoms with Crippen LogP contribution in [0.2, 0.25) is 0 Å². The zero-order chi connectivity index (χ0) is 13.4. The first-order valence-corrected chi connectivity index (χ1v) is 5.78. The fourth-order valence-corrected chi connectivity index (χ4v) is 2.17. The van der Waals surface area contributed by atoms with Gasteiger partial charge in [-0.3, -0.25) is 0 Å². The van der Waals surface area contributed by atoms with Gasteiger partial charge in [-0.2, -0.15) is 0 Å². The number of fused-ring (bicyclic) bond motifs is 3. The molecular formula is C14H12N2O3. The molecule has 1 N–H and O–H groups in total. The Morgan fingerprint density at radius 2 is 2.00 bits per heavy atom. The molecular weight excluding hydrogens is 244 g/mol. The van der Waals surface area contributed by atoms with Gasteiger partial charge in [-0.1, -0.05) is 18.2 Å². The summed E-state index contributed by atoms with van der Waals surface area (Å²) in [5, 5.41) is 1.91. The molecule has 96 valence electrons. The summed E-state index contributed by atoms with van der Waals surface area (Å²) < 4.78 is 9.95. The van der Waals surface area contributed by atoms with Crippen LogP contribution in [0, 0.1) is 0 Å². The quantitative estimate of drug-likeness (QED) is 0.715. The van der Waals surface area contributed by atoms with Crippen molar-refractivity contribution in [2.75, 3.05) is 14.2 Å². The van der Waals surface area contributed by atoms with Gasteiger partial charge in [-0.25, -0.2) is 9.78 Å². The third-order valence-corrected chi connectivity index (χ3v) is 3.05. The largest absolute Gasteiger partial charge is 0.479 e. The van der Waals surface area contributed by atoms with E-state index in [0.717, 1.165) is 21.8 Å². The highest BCUT2D eigenvalue weighted by Crippen LogP contribution is 2.31. The lowest BCUT2D eigenvalue weighted by molar-refractivity contribution is 0.0593. The average Bonchev–Trinajstić information content (AvgIpc) is 2.84. The molecule has 0 amide bonds. The molecule has 1 aromatic carbocycles. The summed E-state index contributed by atoms with van der Waals surface area (Å²) in [6.45, 7) is 0. The number of methoxy groups -OCH3 is 2. The van der Waals surface area contributed by atoms with Crippen LogP contribution in [0.1, 0.15) is 10.5 Å². The SMILES string of the molecule is COC(=O)c1cc2c([nH]c3ccccc32)c(OC)n1. The molecule has 19 heavy (non-hydrogen) atoms. The topological polar surface area (TPSA) is 64.2 Å².